The molecule has 0 spiro atoms. The lowest BCUT2D eigenvalue weighted by Gasteiger charge is -2.14. The zero-order valence-electron chi connectivity index (χ0n) is 11.1. The highest BCUT2D eigenvalue weighted by molar-refractivity contribution is 5.69. The summed E-state index contributed by atoms with van der Waals surface area (Å²) in [6, 6.07) is 2.15. The molecule has 0 atom stereocenters. The van der Waals surface area contributed by atoms with Crippen molar-refractivity contribution in [3.63, 3.8) is 0 Å². The Hall–Kier alpha value is -2.17. The molecule has 2 rings (SSSR count). The van der Waals surface area contributed by atoms with E-state index in [1.165, 1.54) is 11.1 Å². The quantitative estimate of drug-likeness (QED) is 0.798. The molecular formula is C13H17N5. The number of hydrogen-bond acceptors (Lipinski definition) is 5. The van der Waals surface area contributed by atoms with Gasteiger partial charge >= 0.3 is 0 Å². The Morgan fingerprint density at radius 3 is 1.67 bits per heavy atom. The van der Waals surface area contributed by atoms with Crippen molar-refractivity contribution < 1.29 is 0 Å². The van der Waals surface area contributed by atoms with E-state index in [4.69, 9.17) is 11.5 Å². The summed E-state index contributed by atoms with van der Waals surface area (Å²) >= 11 is 0. The Morgan fingerprint density at radius 1 is 0.778 bits per heavy atom. The van der Waals surface area contributed by atoms with Crippen molar-refractivity contribution >= 4 is 11.9 Å². The van der Waals surface area contributed by atoms with E-state index in [1.54, 1.807) is 0 Å². The molecule has 0 aliphatic rings. The van der Waals surface area contributed by atoms with Gasteiger partial charge in [0.25, 0.3) is 0 Å². The van der Waals surface area contributed by atoms with Gasteiger partial charge in [0.05, 0.1) is 0 Å². The molecule has 0 bridgehead atoms. The van der Waals surface area contributed by atoms with Gasteiger partial charge in [-0.2, -0.15) is 15.0 Å². The van der Waals surface area contributed by atoms with E-state index in [0.29, 0.717) is 5.82 Å². The maximum absolute atomic E-state index is 5.63. The molecule has 5 nitrogen and oxygen atoms in total. The topological polar surface area (TPSA) is 90.7 Å². The zero-order chi connectivity index (χ0) is 13.4. The van der Waals surface area contributed by atoms with Crippen LogP contribution in [-0.4, -0.2) is 15.0 Å². The van der Waals surface area contributed by atoms with Crippen LogP contribution in [0.1, 0.15) is 22.3 Å². The highest BCUT2D eigenvalue weighted by Crippen LogP contribution is 2.29. The molecule has 0 saturated carbocycles. The molecule has 0 saturated heterocycles. The third-order valence-electron chi connectivity index (χ3n) is 3.26. The van der Waals surface area contributed by atoms with Gasteiger partial charge in [0.1, 0.15) is 0 Å². The summed E-state index contributed by atoms with van der Waals surface area (Å²) in [6.07, 6.45) is 0. The summed E-state index contributed by atoms with van der Waals surface area (Å²) in [4.78, 5) is 12.2. The first-order valence-electron chi connectivity index (χ1n) is 5.75. The van der Waals surface area contributed by atoms with Gasteiger partial charge in [0.2, 0.25) is 11.9 Å². The molecule has 5 heteroatoms. The Labute approximate surface area is 106 Å². The number of anilines is 2. The zero-order valence-corrected chi connectivity index (χ0v) is 11.1. The standard InChI is InChI=1S/C13H17N5/c1-6-5-7(2)9(4)10(8(6)3)11-16-12(14)18-13(15)17-11/h5H,1-4H3,(H4,14,15,16,17,18). The van der Waals surface area contributed by atoms with E-state index in [9.17, 15) is 0 Å². The largest absolute Gasteiger partial charge is 0.368 e. The molecule has 1 heterocycles. The van der Waals surface area contributed by atoms with Gasteiger partial charge in [-0.15, -0.1) is 0 Å². The lowest BCUT2D eigenvalue weighted by atomic mass is 9.94. The highest BCUT2D eigenvalue weighted by Gasteiger charge is 2.14. The van der Waals surface area contributed by atoms with E-state index in [0.717, 1.165) is 16.7 Å². The molecular weight excluding hydrogens is 226 g/mol. The molecule has 0 amide bonds. The second kappa shape index (κ2) is 4.25. The summed E-state index contributed by atoms with van der Waals surface area (Å²) in [5, 5.41) is 0. The van der Waals surface area contributed by atoms with Crippen molar-refractivity contribution in [1.82, 2.24) is 15.0 Å². The summed E-state index contributed by atoms with van der Waals surface area (Å²) in [5.41, 5.74) is 16.9. The Kier molecular flexibility index (Phi) is 2.90. The van der Waals surface area contributed by atoms with Crippen molar-refractivity contribution in [2.45, 2.75) is 27.7 Å². The second-order valence-corrected chi connectivity index (χ2v) is 4.51. The van der Waals surface area contributed by atoms with Gasteiger partial charge in [-0.1, -0.05) is 6.07 Å². The Morgan fingerprint density at radius 2 is 1.22 bits per heavy atom. The fraction of sp³-hybridized carbons (Fsp3) is 0.308. The minimum Gasteiger partial charge on any atom is -0.368 e. The molecule has 0 aliphatic carbocycles. The third kappa shape index (κ3) is 1.99. The maximum atomic E-state index is 5.63. The molecule has 4 N–H and O–H groups in total. The van der Waals surface area contributed by atoms with Crippen LogP contribution in [0.25, 0.3) is 11.4 Å². The van der Waals surface area contributed by atoms with E-state index in [-0.39, 0.29) is 11.9 Å². The van der Waals surface area contributed by atoms with Crippen LogP contribution >= 0.6 is 0 Å². The van der Waals surface area contributed by atoms with Gasteiger partial charge in [-0.05, 0) is 49.9 Å². The number of benzene rings is 1. The molecule has 0 unspecified atom stereocenters. The van der Waals surface area contributed by atoms with Gasteiger partial charge in [0.15, 0.2) is 5.82 Å². The molecule has 2 aromatic rings. The predicted molar refractivity (Wildman–Crippen MR) is 73.0 cm³/mol. The first-order valence-corrected chi connectivity index (χ1v) is 5.75. The van der Waals surface area contributed by atoms with Crippen LogP contribution in [0.4, 0.5) is 11.9 Å². The normalized spacial score (nSPS) is 10.7. The lowest BCUT2D eigenvalue weighted by Crippen LogP contribution is -2.06. The van der Waals surface area contributed by atoms with Crippen molar-refractivity contribution in [3.05, 3.63) is 28.3 Å². The van der Waals surface area contributed by atoms with Crippen LogP contribution in [0.15, 0.2) is 6.07 Å². The Balaban J connectivity index is 2.78. The van der Waals surface area contributed by atoms with Crippen molar-refractivity contribution in [2.24, 2.45) is 0 Å². The molecule has 0 fully saturated rings. The summed E-state index contributed by atoms with van der Waals surface area (Å²) in [5.74, 6) is 0.840. The summed E-state index contributed by atoms with van der Waals surface area (Å²) in [7, 11) is 0. The number of nitrogens with two attached hydrogens (primary N) is 2. The first kappa shape index (κ1) is 12.3. The van der Waals surface area contributed by atoms with Crippen LogP contribution in [0.5, 0.6) is 0 Å². The van der Waals surface area contributed by atoms with Gasteiger partial charge in [0, 0.05) is 5.56 Å². The molecule has 18 heavy (non-hydrogen) atoms. The number of aromatic nitrogens is 3. The fourth-order valence-electron chi connectivity index (χ4n) is 2.07. The second-order valence-electron chi connectivity index (χ2n) is 4.51. The van der Waals surface area contributed by atoms with E-state index >= 15 is 0 Å². The number of rotatable bonds is 1. The molecule has 0 radical (unpaired) electrons. The van der Waals surface area contributed by atoms with Gasteiger partial charge in [-0.3, -0.25) is 0 Å². The predicted octanol–water partition coefficient (Wildman–Crippen LogP) is 1.94. The molecule has 1 aromatic heterocycles. The van der Waals surface area contributed by atoms with E-state index in [1.807, 2.05) is 13.8 Å². The van der Waals surface area contributed by atoms with Crippen LogP contribution < -0.4 is 11.5 Å². The fourth-order valence-corrected chi connectivity index (χ4v) is 2.07. The lowest BCUT2D eigenvalue weighted by molar-refractivity contribution is 1.07. The van der Waals surface area contributed by atoms with E-state index < -0.39 is 0 Å². The average Bonchev–Trinajstić information content (AvgIpc) is 2.25. The number of aryl methyl sites for hydroxylation is 2. The van der Waals surface area contributed by atoms with Gasteiger partial charge in [-0.25, -0.2) is 0 Å². The van der Waals surface area contributed by atoms with Crippen LogP contribution in [0.3, 0.4) is 0 Å². The van der Waals surface area contributed by atoms with Crippen molar-refractivity contribution in [2.75, 3.05) is 11.5 Å². The average molecular weight is 243 g/mol. The van der Waals surface area contributed by atoms with E-state index in [2.05, 4.69) is 34.9 Å². The van der Waals surface area contributed by atoms with Crippen LogP contribution in [0.2, 0.25) is 0 Å². The van der Waals surface area contributed by atoms with Crippen molar-refractivity contribution in [3.8, 4) is 11.4 Å². The SMILES string of the molecule is Cc1cc(C)c(C)c(-c2nc(N)nc(N)n2)c1C. The third-order valence-corrected chi connectivity index (χ3v) is 3.26. The number of nitrogen functional groups attached to an aromatic ring is 2. The minimum atomic E-state index is 0.149. The highest BCUT2D eigenvalue weighted by atomic mass is 15.1. The smallest absolute Gasteiger partial charge is 0.225 e. The maximum Gasteiger partial charge on any atom is 0.225 e. The van der Waals surface area contributed by atoms with Crippen LogP contribution in [0, 0.1) is 27.7 Å². The monoisotopic (exact) mass is 243 g/mol. The van der Waals surface area contributed by atoms with Gasteiger partial charge < -0.3 is 11.5 Å². The number of nitrogens with zero attached hydrogens (tertiary/aromatic N) is 3. The molecule has 0 aliphatic heterocycles. The first-order chi connectivity index (χ1) is 8.40. The number of hydrogen-bond donors (Lipinski definition) is 2. The minimum absolute atomic E-state index is 0.149. The van der Waals surface area contributed by atoms with Crippen LogP contribution in [-0.2, 0) is 0 Å². The summed E-state index contributed by atoms with van der Waals surface area (Å²) in [6.45, 7) is 8.24. The molecule has 1 aromatic carbocycles. The summed E-state index contributed by atoms with van der Waals surface area (Å²) < 4.78 is 0. The van der Waals surface area contributed by atoms with Crippen molar-refractivity contribution in [1.29, 1.82) is 0 Å². The Bertz CT molecular complexity index is 573. The molecule has 94 valence electrons.